The van der Waals surface area contributed by atoms with Gasteiger partial charge in [0, 0.05) is 16.7 Å². The van der Waals surface area contributed by atoms with Gasteiger partial charge in [-0.15, -0.1) is 0 Å². The molecule has 5 nitrogen and oxygen atoms in total. The van der Waals surface area contributed by atoms with Crippen LogP contribution in [-0.2, 0) is 9.59 Å². The minimum atomic E-state index is -1.74. The van der Waals surface area contributed by atoms with Crippen LogP contribution in [0.4, 0.5) is 4.39 Å². The Labute approximate surface area is 164 Å². The molecule has 4 aliphatic carbocycles. The summed E-state index contributed by atoms with van der Waals surface area (Å²) in [6.45, 7) is 4.71. The molecule has 6 heteroatoms. The summed E-state index contributed by atoms with van der Waals surface area (Å²) >= 11 is 0. The van der Waals surface area contributed by atoms with Gasteiger partial charge in [-0.3, -0.25) is 9.59 Å². The normalized spacial score (nSPS) is 52.5. The molecule has 3 saturated carbocycles. The van der Waals surface area contributed by atoms with E-state index in [9.17, 15) is 24.9 Å². The number of hydrogen-bond acceptors (Lipinski definition) is 5. The molecule has 0 aliphatic heterocycles. The lowest BCUT2D eigenvalue weighted by atomic mass is 9.46. The maximum Gasteiger partial charge on any atom is 0.190 e. The van der Waals surface area contributed by atoms with Crippen LogP contribution in [0.3, 0.4) is 0 Å². The fourth-order valence-electron chi connectivity index (χ4n) is 7.38. The number of allylic oxidation sites excluding steroid dienone is 4. The van der Waals surface area contributed by atoms with Crippen molar-refractivity contribution < 1.29 is 29.3 Å². The number of hydrogen-bond donors (Lipinski definition) is 3. The number of halogens is 1. The maximum atomic E-state index is 15.2. The van der Waals surface area contributed by atoms with E-state index in [0.717, 1.165) is 0 Å². The number of aliphatic hydroxyl groups excluding tert-OH is 2. The molecule has 3 fully saturated rings. The highest BCUT2D eigenvalue weighted by Crippen LogP contribution is 2.68. The largest absolute Gasteiger partial charge is 0.393 e. The van der Waals surface area contributed by atoms with E-state index in [4.69, 9.17) is 0 Å². The first-order valence-electron chi connectivity index (χ1n) is 10.1. The van der Waals surface area contributed by atoms with Crippen LogP contribution in [-0.4, -0.2) is 51.4 Å². The summed E-state index contributed by atoms with van der Waals surface area (Å²) in [5, 5.41) is 32.1. The Balaban J connectivity index is 1.81. The molecule has 0 aromatic rings. The number of rotatable bonds is 2. The Bertz CT molecular complexity index is 790. The highest BCUT2D eigenvalue weighted by Gasteiger charge is 2.71. The number of alkyl halides is 1. The van der Waals surface area contributed by atoms with Gasteiger partial charge in [-0.2, -0.15) is 0 Å². The SMILES string of the molecule is C[C@@H]1C[C@@H]2[C@H]3C[C@H](F)C4=CC(=O)C=C[C@]4(C)[C@@H]3[C@@H](O)C[C@@]2(C)[C@]1(O)C(=O)CO. The Morgan fingerprint density at radius 1 is 1.32 bits per heavy atom. The van der Waals surface area contributed by atoms with E-state index in [1.165, 1.54) is 12.2 Å². The zero-order chi connectivity index (χ0) is 20.6. The molecule has 4 rings (SSSR count). The summed E-state index contributed by atoms with van der Waals surface area (Å²) in [5.41, 5.74) is -3.00. The minimum Gasteiger partial charge on any atom is -0.393 e. The van der Waals surface area contributed by atoms with Crippen LogP contribution in [0.5, 0.6) is 0 Å². The fraction of sp³-hybridized carbons (Fsp3) is 0.727. The number of Topliss-reactive ketones (excluding diaryl/α,β-unsaturated/α-hetero) is 1. The van der Waals surface area contributed by atoms with Crippen molar-refractivity contribution in [3.63, 3.8) is 0 Å². The molecule has 0 spiro atoms. The highest BCUT2D eigenvalue weighted by atomic mass is 19.1. The quantitative estimate of drug-likeness (QED) is 0.666. The molecule has 0 saturated heterocycles. The molecule has 0 aromatic heterocycles. The third-order valence-corrected chi connectivity index (χ3v) is 8.63. The van der Waals surface area contributed by atoms with Crippen molar-refractivity contribution in [2.24, 2.45) is 34.5 Å². The summed E-state index contributed by atoms with van der Waals surface area (Å²) in [5.74, 6) is -1.92. The van der Waals surface area contributed by atoms with E-state index in [2.05, 4.69) is 0 Å². The van der Waals surface area contributed by atoms with Crippen molar-refractivity contribution in [3.8, 4) is 0 Å². The van der Waals surface area contributed by atoms with Gasteiger partial charge in [-0.05, 0) is 54.7 Å². The van der Waals surface area contributed by atoms with Crippen molar-refractivity contribution in [2.45, 2.75) is 57.9 Å². The zero-order valence-electron chi connectivity index (χ0n) is 16.6. The van der Waals surface area contributed by atoms with Crippen LogP contribution in [0.25, 0.3) is 0 Å². The summed E-state index contributed by atoms with van der Waals surface area (Å²) in [4.78, 5) is 24.4. The third-order valence-electron chi connectivity index (χ3n) is 8.63. The van der Waals surface area contributed by atoms with Gasteiger partial charge < -0.3 is 15.3 Å². The second-order valence-electron chi connectivity index (χ2n) is 9.79. The molecule has 0 radical (unpaired) electrons. The Morgan fingerprint density at radius 2 is 2.00 bits per heavy atom. The van der Waals surface area contributed by atoms with E-state index >= 15 is 4.39 Å². The summed E-state index contributed by atoms with van der Waals surface area (Å²) in [6, 6.07) is 0. The predicted molar refractivity (Wildman–Crippen MR) is 99.9 cm³/mol. The van der Waals surface area contributed by atoms with E-state index in [1.54, 1.807) is 19.9 Å². The monoisotopic (exact) mass is 392 g/mol. The van der Waals surface area contributed by atoms with Gasteiger partial charge in [-0.1, -0.05) is 26.8 Å². The van der Waals surface area contributed by atoms with Gasteiger partial charge in [0.1, 0.15) is 18.4 Å². The Hall–Kier alpha value is -1.37. The first kappa shape index (κ1) is 19.9. The van der Waals surface area contributed by atoms with E-state index in [0.29, 0.717) is 12.0 Å². The van der Waals surface area contributed by atoms with Gasteiger partial charge in [0.25, 0.3) is 0 Å². The van der Waals surface area contributed by atoms with Gasteiger partial charge >= 0.3 is 0 Å². The molecule has 0 unspecified atom stereocenters. The number of carbonyl (C=O) groups excluding carboxylic acids is 2. The van der Waals surface area contributed by atoms with Gasteiger partial charge in [-0.25, -0.2) is 4.39 Å². The van der Waals surface area contributed by atoms with Crippen molar-refractivity contribution in [3.05, 3.63) is 23.8 Å². The molecule has 154 valence electrons. The van der Waals surface area contributed by atoms with E-state index in [1.807, 2.05) is 6.92 Å². The van der Waals surface area contributed by atoms with Crippen LogP contribution < -0.4 is 0 Å². The van der Waals surface area contributed by atoms with Crippen molar-refractivity contribution >= 4 is 11.6 Å². The smallest absolute Gasteiger partial charge is 0.190 e. The summed E-state index contributed by atoms with van der Waals surface area (Å²) < 4.78 is 15.2. The van der Waals surface area contributed by atoms with Crippen molar-refractivity contribution in [2.75, 3.05) is 6.61 Å². The molecule has 9 atom stereocenters. The molecular formula is C22H29FO5. The molecule has 4 aliphatic rings. The van der Waals surface area contributed by atoms with Crippen LogP contribution in [0.1, 0.15) is 40.0 Å². The zero-order valence-corrected chi connectivity index (χ0v) is 16.6. The molecule has 0 aromatic carbocycles. The lowest BCUT2D eigenvalue weighted by molar-refractivity contribution is -0.185. The molecule has 0 heterocycles. The van der Waals surface area contributed by atoms with Crippen LogP contribution in [0, 0.1) is 34.5 Å². The maximum absolute atomic E-state index is 15.2. The molecular weight excluding hydrogens is 363 g/mol. The fourth-order valence-corrected chi connectivity index (χ4v) is 7.38. The van der Waals surface area contributed by atoms with Crippen LogP contribution in [0.2, 0.25) is 0 Å². The van der Waals surface area contributed by atoms with E-state index < -0.39 is 41.1 Å². The standard InChI is InChI=1S/C22H29FO5/c1-11-6-14-13-8-16(23)15-7-12(25)4-5-20(15,2)19(13)17(26)9-21(14,3)22(11,28)18(27)10-24/h4-5,7,11,13-14,16-17,19,24,26,28H,6,8-10H2,1-3H3/t11-,13-,14-,16+,17+,19+,20+,21-,22-/m1/s1. The second-order valence-corrected chi connectivity index (χ2v) is 9.79. The number of fused-ring (bicyclic) bond motifs is 5. The predicted octanol–water partition coefficient (Wildman–Crippen LogP) is 1.75. The van der Waals surface area contributed by atoms with E-state index in [-0.39, 0.29) is 42.3 Å². The highest BCUT2D eigenvalue weighted by molar-refractivity contribution is 6.01. The lowest BCUT2D eigenvalue weighted by Gasteiger charge is -2.60. The Morgan fingerprint density at radius 3 is 2.64 bits per heavy atom. The van der Waals surface area contributed by atoms with Gasteiger partial charge in [0.05, 0.1) is 6.10 Å². The first-order chi connectivity index (χ1) is 13.0. The van der Waals surface area contributed by atoms with Crippen molar-refractivity contribution in [1.82, 2.24) is 0 Å². The molecule has 0 amide bonds. The van der Waals surface area contributed by atoms with Gasteiger partial charge in [0.15, 0.2) is 11.6 Å². The average molecular weight is 392 g/mol. The Kier molecular flexibility index (Phi) is 4.32. The topological polar surface area (TPSA) is 94.8 Å². The first-order valence-corrected chi connectivity index (χ1v) is 10.1. The summed E-state index contributed by atoms with van der Waals surface area (Å²) in [6.07, 6.45) is 3.29. The average Bonchev–Trinajstić information content (AvgIpc) is 2.83. The number of ketones is 2. The minimum absolute atomic E-state index is 0.154. The number of aliphatic hydroxyl groups is 3. The lowest BCUT2D eigenvalue weighted by Crippen LogP contribution is -2.63. The molecule has 0 bridgehead atoms. The molecule has 3 N–H and O–H groups in total. The van der Waals surface area contributed by atoms with Gasteiger partial charge in [0.2, 0.25) is 0 Å². The number of carbonyl (C=O) groups is 2. The van der Waals surface area contributed by atoms with Crippen molar-refractivity contribution in [1.29, 1.82) is 0 Å². The van der Waals surface area contributed by atoms with Crippen LogP contribution in [0.15, 0.2) is 23.8 Å². The summed E-state index contributed by atoms with van der Waals surface area (Å²) in [7, 11) is 0. The van der Waals surface area contributed by atoms with Crippen LogP contribution >= 0.6 is 0 Å². The second kappa shape index (κ2) is 6.07. The molecule has 28 heavy (non-hydrogen) atoms. The third kappa shape index (κ3) is 2.22.